The van der Waals surface area contributed by atoms with Crippen LogP contribution in [0.1, 0.15) is 26.4 Å². The Morgan fingerprint density at radius 1 is 1.08 bits per heavy atom. The molecule has 1 N–H and O–H groups in total. The second kappa shape index (κ2) is 7.18. The molecule has 0 saturated carbocycles. The van der Waals surface area contributed by atoms with Gasteiger partial charge >= 0.3 is 5.97 Å². The number of fused-ring (bicyclic) bond motifs is 1. The Morgan fingerprint density at radius 2 is 1.73 bits per heavy atom. The zero-order chi connectivity index (χ0) is 18.7. The Hall–Kier alpha value is -3.48. The molecule has 0 aliphatic rings. The van der Waals surface area contributed by atoms with Gasteiger partial charge in [0.25, 0.3) is 11.5 Å². The highest BCUT2D eigenvalue weighted by molar-refractivity contribution is 6.04. The van der Waals surface area contributed by atoms with E-state index in [-0.39, 0.29) is 23.7 Å². The lowest BCUT2D eigenvalue weighted by Gasteiger charge is -2.09. The molecule has 132 valence electrons. The van der Waals surface area contributed by atoms with Crippen LogP contribution >= 0.6 is 0 Å². The number of amides is 1. The van der Waals surface area contributed by atoms with Gasteiger partial charge in [0.2, 0.25) is 0 Å². The summed E-state index contributed by atoms with van der Waals surface area (Å²) in [5, 5.41) is 7.83. The first-order chi connectivity index (χ1) is 12.5. The number of aromatic nitrogens is 2. The third-order valence-corrected chi connectivity index (χ3v) is 4.00. The van der Waals surface area contributed by atoms with E-state index >= 15 is 0 Å². The van der Waals surface area contributed by atoms with Crippen molar-refractivity contribution in [2.45, 2.75) is 6.54 Å². The molecule has 0 aliphatic carbocycles. The number of carbonyl (C=O) groups excluding carboxylic acids is 2. The Bertz CT molecular complexity index is 1040. The summed E-state index contributed by atoms with van der Waals surface area (Å²) in [5.41, 5.74) is 1.19. The van der Waals surface area contributed by atoms with Crippen LogP contribution in [0.5, 0.6) is 0 Å². The Morgan fingerprint density at radius 3 is 2.38 bits per heavy atom. The summed E-state index contributed by atoms with van der Waals surface area (Å²) in [6.07, 6.45) is 0. The predicted octanol–water partition coefficient (Wildman–Crippen LogP) is 1.65. The molecule has 0 fully saturated rings. The van der Waals surface area contributed by atoms with E-state index in [9.17, 15) is 14.4 Å². The molecular weight excluding hydrogens is 334 g/mol. The minimum Gasteiger partial charge on any atom is -0.465 e. The number of benzene rings is 2. The van der Waals surface area contributed by atoms with Crippen LogP contribution in [0, 0.1) is 0 Å². The molecular formula is C19H17N3O4. The van der Waals surface area contributed by atoms with E-state index in [1.807, 2.05) is 0 Å². The fourth-order valence-electron chi connectivity index (χ4n) is 2.61. The number of nitrogens with zero attached hydrogens (tertiary/aromatic N) is 2. The number of rotatable bonds is 4. The second-order valence-corrected chi connectivity index (χ2v) is 5.69. The maximum atomic E-state index is 12.6. The topological polar surface area (TPSA) is 90.3 Å². The third kappa shape index (κ3) is 3.32. The van der Waals surface area contributed by atoms with Gasteiger partial charge in [0.1, 0.15) is 0 Å². The minimum absolute atomic E-state index is 0.189. The van der Waals surface area contributed by atoms with Crippen molar-refractivity contribution in [2.75, 3.05) is 7.11 Å². The van der Waals surface area contributed by atoms with Gasteiger partial charge in [-0.05, 0) is 23.8 Å². The Kier molecular flexibility index (Phi) is 4.79. The molecule has 0 atom stereocenters. The van der Waals surface area contributed by atoms with Gasteiger partial charge in [-0.25, -0.2) is 9.48 Å². The molecule has 0 bridgehead atoms. The molecule has 26 heavy (non-hydrogen) atoms. The van der Waals surface area contributed by atoms with E-state index in [1.165, 1.54) is 14.2 Å². The average molecular weight is 351 g/mol. The highest BCUT2D eigenvalue weighted by Crippen LogP contribution is 2.13. The van der Waals surface area contributed by atoms with Gasteiger partial charge < -0.3 is 10.1 Å². The fraction of sp³-hybridized carbons (Fsp3) is 0.158. The van der Waals surface area contributed by atoms with Crippen LogP contribution in [0.25, 0.3) is 10.8 Å². The molecule has 1 heterocycles. The number of ether oxygens (including phenoxy) is 1. The molecule has 3 rings (SSSR count). The summed E-state index contributed by atoms with van der Waals surface area (Å²) in [5.74, 6) is -0.796. The Balaban J connectivity index is 1.81. The monoisotopic (exact) mass is 351 g/mol. The van der Waals surface area contributed by atoms with Crippen LogP contribution in [0.4, 0.5) is 0 Å². The number of methoxy groups -OCH3 is 1. The van der Waals surface area contributed by atoms with Crippen LogP contribution < -0.4 is 10.9 Å². The molecule has 2 aromatic carbocycles. The zero-order valence-corrected chi connectivity index (χ0v) is 14.4. The number of esters is 1. The number of carbonyl (C=O) groups is 2. The van der Waals surface area contributed by atoms with Crippen LogP contribution in [0.3, 0.4) is 0 Å². The smallest absolute Gasteiger partial charge is 0.337 e. The highest BCUT2D eigenvalue weighted by Gasteiger charge is 2.15. The molecule has 0 aliphatic heterocycles. The fourth-order valence-corrected chi connectivity index (χ4v) is 2.61. The molecule has 0 radical (unpaired) electrons. The van der Waals surface area contributed by atoms with E-state index in [4.69, 9.17) is 0 Å². The average Bonchev–Trinajstić information content (AvgIpc) is 2.68. The van der Waals surface area contributed by atoms with Crippen molar-refractivity contribution >= 4 is 22.6 Å². The summed E-state index contributed by atoms with van der Waals surface area (Å²) >= 11 is 0. The molecule has 1 amide bonds. The number of hydrogen-bond acceptors (Lipinski definition) is 5. The lowest BCUT2D eigenvalue weighted by Crippen LogP contribution is -2.29. The molecule has 7 heteroatoms. The van der Waals surface area contributed by atoms with Crippen molar-refractivity contribution < 1.29 is 14.3 Å². The lowest BCUT2D eigenvalue weighted by atomic mass is 10.1. The van der Waals surface area contributed by atoms with Crippen molar-refractivity contribution in [3.63, 3.8) is 0 Å². The van der Waals surface area contributed by atoms with Crippen molar-refractivity contribution in [2.24, 2.45) is 7.05 Å². The molecule has 7 nitrogen and oxygen atoms in total. The van der Waals surface area contributed by atoms with E-state index in [2.05, 4.69) is 15.2 Å². The van der Waals surface area contributed by atoms with E-state index < -0.39 is 5.97 Å². The highest BCUT2D eigenvalue weighted by atomic mass is 16.5. The van der Waals surface area contributed by atoms with Crippen LogP contribution in [-0.4, -0.2) is 28.8 Å². The summed E-state index contributed by atoms with van der Waals surface area (Å²) in [7, 11) is 2.83. The first-order valence-electron chi connectivity index (χ1n) is 7.92. The Labute approximate surface area is 149 Å². The van der Waals surface area contributed by atoms with Crippen molar-refractivity contribution in [1.82, 2.24) is 15.1 Å². The van der Waals surface area contributed by atoms with Crippen molar-refractivity contribution in [3.05, 3.63) is 75.7 Å². The molecule has 3 aromatic rings. The maximum absolute atomic E-state index is 12.6. The quantitative estimate of drug-likeness (QED) is 0.722. The van der Waals surface area contributed by atoms with Crippen LogP contribution in [-0.2, 0) is 18.3 Å². The van der Waals surface area contributed by atoms with Gasteiger partial charge in [0.05, 0.1) is 18.1 Å². The van der Waals surface area contributed by atoms with Gasteiger partial charge in [0.15, 0.2) is 5.69 Å². The number of nitrogens with one attached hydrogen (secondary N) is 1. The second-order valence-electron chi connectivity index (χ2n) is 5.69. The van der Waals surface area contributed by atoms with E-state index in [1.54, 1.807) is 48.5 Å². The van der Waals surface area contributed by atoms with E-state index in [0.717, 1.165) is 10.2 Å². The molecule has 1 aromatic heterocycles. The minimum atomic E-state index is -0.415. The zero-order valence-electron chi connectivity index (χ0n) is 14.4. The third-order valence-electron chi connectivity index (χ3n) is 4.00. The standard InChI is InChI=1S/C19H17N3O4/c1-22-18(24)15-6-4-3-5-14(15)16(21-22)17(23)20-11-12-7-9-13(10-8-12)19(25)26-2/h3-10H,11H2,1-2H3,(H,20,23). The molecule has 0 saturated heterocycles. The SMILES string of the molecule is COC(=O)c1ccc(CNC(=O)c2nn(C)c(=O)c3ccccc23)cc1. The molecule has 0 unspecified atom stereocenters. The van der Waals surface area contributed by atoms with Gasteiger partial charge in [0, 0.05) is 19.0 Å². The first-order valence-corrected chi connectivity index (χ1v) is 7.92. The van der Waals surface area contributed by atoms with Gasteiger partial charge in [-0.1, -0.05) is 30.3 Å². The summed E-state index contributed by atoms with van der Waals surface area (Å²) < 4.78 is 5.80. The van der Waals surface area contributed by atoms with Gasteiger partial charge in [-0.15, -0.1) is 0 Å². The predicted molar refractivity (Wildman–Crippen MR) is 95.9 cm³/mol. The van der Waals surface area contributed by atoms with Crippen LogP contribution in [0.15, 0.2) is 53.3 Å². The van der Waals surface area contributed by atoms with Gasteiger partial charge in [-0.3, -0.25) is 9.59 Å². The van der Waals surface area contributed by atoms with E-state index in [0.29, 0.717) is 16.3 Å². The summed E-state index contributed by atoms with van der Waals surface area (Å²) in [4.78, 5) is 36.1. The number of aryl methyl sites for hydroxylation is 1. The summed E-state index contributed by atoms with van der Waals surface area (Å²) in [6.45, 7) is 0.263. The maximum Gasteiger partial charge on any atom is 0.337 e. The largest absolute Gasteiger partial charge is 0.465 e. The normalized spacial score (nSPS) is 10.5. The van der Waals surface area contributed by atoms with Crippen LogP contribution in [0.2, 0.25) is 0 Å². The molecule has 0 spiro atoms. The van der Waals surface area contributed by atoms with Crippen molar-refractivity contribution in [3.8, 4) is 0 Å². The lowest BCUT2D eigenvalue weighted by molar-refractivity contribution is 0.0600. The van der Waals surface area contributed by atoms with Gasteiger partial charge in [-0.2, -0.15) is 5.10 Å². The first kappa shape index (κ1) is 17.3. The number of hydrogen-bond donors (Lipinski definition) is 1. The summed E-state index contributed by atoms with van der Waals surface area (Å²) in [6, 6.07) is 13.6. The van der Waals surface area contributed by atoms with Crippen molar-refractivity contribution in [1.29, 1.82) is 0 Å².